The van der Waals surface area contributed by atoms with Crippen molar-refractivity contribution < 1.29 is 9.18 Å². The predicted molar refractivity (Wildman–Crippen MR) is 62.9 cm³/mol. The van der Waals surface area contributed by atoms with E-state index >= 15 is 0 Å². The van der Waals surface area contributed by atoms with Gasteiger partial charge in [0.15, 0.2) is 4.32 Å². The zero-order valence-corrected chi connectivity index (χ0v) is 10.5. The van der Waals surface area contributed by atoms with Gasteiger partial charge in [0.05, 0.1) is 5.71 Å². The van der Waals surface area contributed by atoms with Crippen LogP contribution < -0.4 is 0 Å². The molecule has 3 nitrogen and oxygen atoms in total. The molecule has 84 valence electrons. The molecule has 1 aromatic carbocycles. The summed E-state index contributed by atoms with van der Waals surface area (Å²) in [6, 6.07) is 5.83. The number of carbonyl (C=O) groups is 1. The number of halogens is 2. The Balaban J connectivity index is 2.51. The zero-order valence-electron chi connectivity index (χ0n) is 8.87. The van der Waals surface area contributed by atoms with Gasteiger partial charge in [-0.05, 0) is 24.6 Å². The maximum absolute atomic E-state index is 12.8. The van der Waals surface area contributed by atoms with Gasteiger partial charge in [-0.15, -0.1) is 0 Å². The van der Waals surface area contributed by atoms with Crippen molar-refractivity contribution in [2.75, 3.05) is 7.05 Å². The predicted octanol–water partition coefficient (Wildman–Crippen LogP) is 2.26. The van der Waals surface area contributed by atoms with E-state index in [4.69, 9.17) is 0 Å². The number of alkyl halides is 1. The lowest BCUT2D eigenvalue weighted by Gasteiger charge is -2.20. The summed E-state index contributed by atoms with van der Waals surface area (Å²) in [5.74, 6) is -0.496. The van der Waals surface area contributed by atoms with Crippen molar-refractivity contribution in [1.29, 1.82) is 0 Å². The molecule has 0 spiro atoms. The summed E-state index contributed by atoms with van der Waals surface area (Å²) >= 11 is 3.41. The van der Waals surface area contributed by atoms with E-state index in [1.807, 2.05) is 0 Å². The third-order valence-corrected chi connectivity index (χ3v) is 4.00. The molecule has 1 aliphatic heterocycles. The quantitative estimate of drug-likeness (QED) is 0.728. The first kappa shape index (κ1) is 11.3. The van der Waals surface area contributed by atoms with Gasteiger partial charge in [0.2, 0.25) is 0 Å². The molecular formula is C11H10BrFN2O. The standard InChI is InChI=1S/C11H10BrFN2O/c1-7-11(12,10(16)15(2)14-7)8-3-5-9(13)6-4-8/h3-6H,1-2H3. The van der Waals surface area contributed by atoms with Crippen LogP contribution >= 0.6 is 15.9 Å². The molecule has 1 unspecified atom stereocenters. The first-order valence-corrected chi connectivity index (χ1v) is 5.54. The number of hydrogen-bond donors (Lipinski definition) is 0. The van der Waals surface area contributed by atoms with Crippen LogP contribution in [-0.4, -0.2) is 23.7 Å². The molecule has 0 saturated carbocycles. The molecular weight excluding hydrogens is 275 g/mol. The van der Waals surface area contributed by atoms with Crippen LogP contribution in [0, 0.1) is 5.82 Å². The lowest BCUT2D eigenvalue weighted by atomic mass is 9.94. The molecule has 1 heterocycles. The van der Waals surface area contributed by atoms with Crippen LogP contribution in [0.2, 0.25) is 0 Å². The Bertz CT molecular complexity index is 471. The number of rotatable bonds is 1. The van der Waals surface area contributed by atoms with Crippen molar-refractivity contribution in [1.82, 2.24) is 5.01 Å². The van der Waals surface area contributed by atoms with E-state index in [1.54, 1.807) is 26.1 Å². The molecule has 1 atom stereocenters. The summed E-state index contributed by atoms with van der Waals surface area (Å²) in [6.45, 7) is 1.76. The number of likely N-dealkylation sites (N-methyl/N-ethyl adjacent to an activating group) is 1. The maximum Gasteiger partial charge on any atom is 0.269 e. The third kappa shape index (κ3) is 1.46. The van der Waals surface area contributed by atoms with Crippen LogP contribution in [0.4, 0.5) is 4.39 Å². The summed E-state index contributed by atoms with van der Waals surface area (Å²) in [6.07, 6.45) is 0. The van der Waals surface area contributed by atoms with Gasteiger partial charge in [-0.2, -0.15) is 5.10 Å². The van der Waals surface area contributed by atoms with Crippen LogP contribution in [0.25, 0.3) is 0 Å². The Kier molecular flexibility index (Phi) is 2.58. The van der Waals surface area contributed by atoms with Crippen molar-refractivity contribution in [2.24, 2.45) is 5.10 Å². The summed E-state index contributed by atoms with van der Waals surface area (Å²) < 4.78 is 11.9. The number of nitrogens with zero attached hydrogens (tertiary/aromatic N) is 2. The van der Waals surface area contributed by atoms with Gasteiger partial charge in [0.25, 0.3) is 5.91 Å². The molecule has 0 saturated heterocycles. The molecule has 0 aromatic heterocycles. The molecule has 0 aliphatic carbocycles. The lowest BCUT2D eigenvalue weighted by Crippen LogP contribution is -2.36. The lowest BCUT2D eigenvalue weighted by molar-refractivity contribution is -0.129. The second kappa shape index (κ2) is 3.66. The van der Waals surface area contributed by atoms with Gasteiger partial charge in [0, 0.05) is 7.05 Å². The third-order valence-electron chi connectivity index (χ3n) is 2.63. The molecule has 16 heavy (non-hydrogen) atoms. The Labute approximate surface area is 101 Å². The second-order valence-corrected chi connectivity index (χ2v) is 4.87. The highest BCUT2D eigenvalue weighted by molar-refractivity contribution is 9.10. The summed E-state index contributed by atoms with van der Waals surface area (Å²) in [5.41, 5.74) is 1.33. The minimum Gasteiger partial charge on any atom is -0.270 e. The molecule has 0 N–H and O–H groups in total. The van der Waals surface area contributed by atoms with E-state index < -0.39 is 4.32 Å². The van der Waals surface area contributed by atoms with Crippen molar-refractivity contribution in [3.05, 3.63) is 35.6 Å². The van der Waals surface area contributed by atoms with Crippen molar-refractivity contribution in [2.45, 2.75) is 11.2 Å². The number of hydrogen-bond acceptors (Lipinski definition) is 2. The molecule has 0 fully saturated rings. The van der Waals surface area contributed by atoms with Gasteiger partial charge in [0.1, 0.15) is 5.82 Å². The van der Waals surface area contributed by atoms with Gasteiger partial charge < -0.3 is 0 Å². The minimum atomic E-state index is -0.949. The van der Waals surface area contributed by atoms with Crippen molar-refractivity contribution >= 4 is 27.5 Å². The summed E-state index contributed by atoms with van der Waals surface area (Å²) in [5, 5.41) is 5.37. The molecule has 1 amide bonds. The molecule has 1 aliphatic rings. The Morgan fingerprint density at radius 1 is 1.38 bits per heavy atom. The maximum atomic E-state index is 12.8. The number of carbonyl (C=O) groups excluding carboxylic acids is 1. The van der Waals surface area contributed by atoms with E-state index in [0.29, 0.717) is 11.3 Å². The summed E-state index contributed by atoms with van der Waals surface area (Å²) in [7, 11) is 1.60. The SMILES string of the molecule is CC1=NN(C)C(=O)C1(Br)c1ccc(F)cc1. The normalized spacial score (nSPS) is 24.9. The van der Waals surface area contributed by atoms with Crippen LogP contribution in [0.3, 0.4) is 0 Å². The number of hydrazone groups is 1. The summed E-state index contributed by atoms with van der Waals surface area (Å²) in [4.78, 5) is 12.0. The van der Waals surface area contributed by atoms with Gasteiger partial charge >= 0.3 is 0 Å². The van der Waals surface area contributed by atoms with E-state index in [-0.39, 0.29) is 11.7 Å². The fourth-order valence-corrected chi connectivity index (χ4v) is 2.33. The van der Waals surface area contributed by atoms with Crippen molar-refractivity contribution in [3.63, 3.8) is 0 Å². The topological polar surface area (TPSA) is 32.7 Å². The zero-order chi connectivity index (χ0) is 11.9. The fraction of sp³-hybridized carbons (Fsp3) is 0.273. The molecule has 2 rings (SSSR count). The second-order valence-electron chi connectivity index (χ2n) is 3.68. The van der Waals surface area contributed by atoms with Gasteiger partial charge in [-0.3, -0.25) is 4.79 Å². The van der Waals surface area contributed by atoms with E-state index in [0.717, 1.165) is 0 Å². The average Bonchev–Trinajstić information content (AvgIpc) is 2.45. The highest BCUT2D eigenvalue weighted by Gasteiger charge is 2.47. The van der Waals surface area contributed by atoms with E-state index in [2.05, 4.69) is 21.0 Å². The number of benzene rings is 1. The highest BCUT2D eigenvalue weighted by atomic mass is 79.9. The van der Waals surface area contributed by atoms with Crippen molar-refractivity contribution in [3.8, 4) is 0 Å². The largest absolute Gasteiger partial charge is 0.270 e. The van der Waals surface area contributed by atoms with Crippen LogP contribution in [0.15, 0.2) is 29.4 Å². The molecule has 0 radical (unpaired) electrons. The van der Waals surface area contributed by atoms with E-state index in [9.17, 15) is 9.18 Å². The first-order chi connectivity index (χ1) is 7.46. The minimum absolute atomic E-state index is 0.170. The van der Waals surface area contributed by atoms with E-state index in [1.165, 1.54) is 17.1 Å². The molecule has 0 bridgehead atoms. The van der Waals surface area contributed by atoms with Gasteiger partial charge in [-0.1, -0.05) is 28.1 Å². The average molecular weight is 285 g/mol. The molecule has 5 heteroatoms. The smallest absolute Gasteiger partial charge is 0.269 e. The highest BCUT2D eigenvalue weighted by Crippen LogP contribution is 2.38. The van der Waals surface area contributed by atoms with Crippen LogP contribution in [0.1, 0.15) is 12.5 Å². The van der Waals surface area contributed by atoms with Crippen LogP contribution in [-0.2, 0) is 9.12 Å². The Morgan fingerprint density at radius 2 is 1.94 bits per heavy atom. The first-order valence-electron chi connectivity index (χ1n) is 4.75. The number of amides is 1. The van der Waals surface area contributed by atoms with Crippen LogP contribution in [0.5, 0.6) is 0 Å². The Morgan fingerprint density at radius 3 is 2.38 bits per heavy atom. The monoisotopic (exact) mass is 284 g/mol. The Hall–Kier alpha value is -1.23. The van der Waals surface area contributed by atoms with Gasteiger partial charge in [-0.25, -0.2) is 9.40 Å². The molecule has 1 aromatic rings. The fourth-order valence-electron chi connectivity index (χ4n) is 1.73.